The predicted octanol–water partition coefficient (Wildman–Crippen LogP) is 3.27. The molecule has 0 aromatic carbocycles. The van der Waals surface area contributed by atoms with Gasteiger partial charge in [0.15, 0.2) is 23.8 Å². The van der Waals surface area contributed by atoms with E-state index in [4.69, 9.17) is 9.47 Å². The third-order valence-electron chi connectivity index (χ3n) is 6.57. The number of nitrogens with zero attached hydrogens (tertiary/aromatic N) is 4. The second kappa shape index (κ2) is 7.29. The first-order chi connectivity index (χ1) is 16.2. The monoisotopic (exact) mass is 481 g/mol. The minimum atomic E-state index is -4.67. The van der Waals surface area contributed by atoms with Crippen molar-refractivity contribution in [2.45, 2.75) is 49.4 Å². The smallest absolute Gasteiger partial charge is 0.433 e. The summed E-state index contributed by atoms with van der Waals surface area (Å²) in [4.78, 5) is 19.6. The van der Waals surface area contributed by atoms with Crippen LogP contribution in [-0.4, -0.2) is 55.1 Å². The molecule has 7 rings (SSSR count). The third-order valence-corrected chi connectivity index (χ3v) is 6.57. The molecule has 180 valence electrons. The van der Waals surface area contributed by atoms with Crippen molar-refractivity contribution >= 4 is 23.5 Å². The van der Waals surface area contributed by atoms with Gasteiger partial charge in [0.05, 0.1) is 12.3 Å². The van der Waals surface area contributed by atoms with Crippen LogP contribution < -0.4 is 10.6 Å². The maximum absolute atomic E-state index is 15.0. The number of amides is 1. The normalized spacial score (nSPS) is 30.0. The van der Waals surface area contributed by atoms with Crippen molar-refractivity contribution in [3.63, 3.8) is 0 Å². The first kappa shape index (κ1) is 21.1. The van der Waals surface area contributed by atoms with Crippen molar-refractivity contribution in [3.8, 4) is 0 Å². The second-order valence-electron chi connectivity index (χ2n) is 8.98. The average molecular weight is 481 g/mol. The second-order valence-corrected chi connectivity index (χ2v) is 8.98. The average Bonchev–Trinajstić information content (AvgIpc) is 3.44. The zero-order chi connectivity index (χ0) is 23.7. The van der Waals surface area contributed by atoms with Gasteiger partial charge >= 0.3 is 12.3 Å². The molecule has 0 unspecified atom stereocenters. The summed E-state index contributed by atoms with van der Waals surface area (Å²) in [5.74, 6) is 0.599. The number of anilines is 2. The molecule has 10 nitrogen and oxygen atoms in total. The van der Waals surface area contributed by atoms with Crippen LogP contribution >= 0.6 is 0 Å². The molecule has 3 aromatic heterocycles. The fraction of sp³-hybridized carbons (Fsp3) is 0.500. The number of H-pyrrole nitrogens is 1. The fourth-order valence-corrected chi connectivity index (χ4v) is 4.77. The molecule has 0 radical (unpaired) electrons. The summed E-state index contributed by atoms with van der Waals surface area (Å²) in [6.07, 6.45) is -3.59. The van der Waals surface area contributed by atoms with E-state index in [1.54, 1.807) is 0 Å². The van der Waals surface area contributed by atoms with Gasteiger partial charge in [-0.25, -0.2) is 19.2 Å². The Hall–Kier alpha value is -3.42. The van der Waals surface area contributed by atoms with Gasteiger partial charge in [-0.1, -0.05) is 0 Å². The van der Waals surface area contributed by atoms with Crippen LogP contribution in [0.3, 0.4) is 0 Å². The summed E-state index contributed by atoms with van der Waals surface area (Å²) >= 11 is 0. The topological polar surface area (TPSA) is 118 Å². The molecule has 3 aliphatic carbocycles. The summed E-state index contributed by atoms with van der Waals surface area (Å²) in [6, 6.07) is 2.22. The summed E-state index contributed by atoms with van der Waals surface area (Å²) in [6.45, 7) is -0.137. The molecule has 0 spiro atoms. The van der Waals surface area contributed by atoms with E-state index in [2.05, 4.69) is 30.8 Å². The zero-order valence-corrected chi connectivity index (χ0v) is 17.5. The largest absolute Gasteiger partial charge is 0.441 e. The van der Waals surface area contributed by atoms with E-state index in [9.17, 15) is 22.4 Å². The lowest BCUT2D eigenvalue weighted by Gasteiger charge is -2.61. The van der Waals surface area contributed by atoms with E-state index in [1.165, 1.54) is 22.9 Å². The Kier molecular flexibility index (Phi) is 4.53. The number of nitrogens with one attached hydrogen (secondary N) is 3. The van der Waals surface area contributed by atoms with Crippen molar-refractivity contribution < 1.29 is 31.8 Å². The van der Waals surface area contributed by atoms with E-state index in [0.29, 0.717) is 5.92 Å². The summed E-state index contributed by atoms with van der Waals surface area (Å²) in [7, 11) is 0. The molecule has 2 bridgehead atoms. The highest BCUT2D eigenvalue weighted by atomic mass is 19.4. The molecule has 1 saturated heterocycles. The molecule has 34 heavy (non-hydrogen) atoms. The minimum absolute atomic E-state index is 0.0423. The van der Waals surface area contributed by atoms with Gasteiger partial charge < -0.3 is 20.1 Å². The highest BCUT2D eigenvalue weighted by molar-refractivity contribution is 5.69. The first-order valence-electron chi connectivity index (χ1n) is 10.7. The Morgan fingerprint density at radius 1 is 1.29 bits per heavy atom. The van der Waals surface area contributed by atoms with Crippen LogP contribution in [0.4, 0.5) is 34.1 Å². The molecular formula is C20H19F4N7O3. The molecule has 3 saturated carbocycles. The van der Waals surface area contributed by atoms with Crippen LogP contribution in [0.25, 0.3) is 5.65 Å². The van der Waals surface area contributed by atoms with Crippen molar-refractivity contribution in [2.24, 2.45) is 5.92 Å². The highest BCUT2D eigenvalue weighted by Gasteiger charge is 2.58. The van der Waals surface area contributed by atoms with Gasteiger partial charge in [-0.15, -0.1) is 0 Å². The maximum Gasteiger partial charge on any atom is 0.433 e. The van der Waals surface area contributed by atoms with Gasteiger partial charge in [0.1, 0.15) is 11.8 Å². The van der Waals surface area contributed by atoms with Crippen molar-refractivity contribution in [1.29, 1.82) is 0 Å². The van der Waals surface area contributed by atoms with Crippen LogP contribution in [0, 0.1) is 5.92 Å². The van der Waals surface area contributed by atoms with E-state index < -0.39 is 36.3 Å². The standard InChI is InChI=1S/C20H19F4N7O3/c21-15-11(34-18(32)28-19-5-9(6-19)7-19)8-33-16(15)10-3-13(30-29-10)27-17-26-12(20(22,23)24)4-14-25-1-2-31(14)17/h1-4,9,11,15-16H,5-8H2,(H,28,32)(H2,26,27,29,30)/t9?,11-,15+,16-,19?/m1/s1. The molecule has 4 aliphatic rings. The number of ether oxygens (including phenoxy) is 2. The van der Waals surface area contributed by atoms with Gasteiger partial charge in [0.25, 0.3) is 0 Å². The van der Waals surface area contributed by atoms with Crippen molar-refractivity contribution in [1.82, 2.24) is 29.9 Å². The number of fused-ring (bicyclic) bond motifs is 1. The zero-order valence-electron chi connectivity index (χ0n) is 17.5. The third kappa shape index (κ3) is 3.52. The fourth-order valence-electron chi connectivity index (χ4n) is 4.77. The molecular weight excluding hydrogens is 462 g/mol. The number of alkyl carbamates (subject to hydrolysis) is 1. The molecule has 14 heteroatoms. The Balaban J connectivity index is 1.14. The number of hydrogen-bond acceptors (Lipinski definition) is 7. The summed E-state index contributed by atoms with van der Waals surface area (Å²) < 4.78 is 66.6. The number of halogens is 4. The predicted molar refractivity (Wildman–Crippen MR) is 107 cm³/mol. The number of alkyl halides is 4. The summed E-state index contributed by atoms with van der Waals surface area (Å²) in [5, 5.41) is 12.1. The van der Waals surface area contributed by atoms with Crippen LogP contribution in [0.1, 0.15) is 36.8 Å². The molecule has 3 N–H and O–H groups in total. The van der Waals surface area contributed by atoms with Crippen molar-refractivity contribution in [3.05, 3.63) is 35.9 Å². The summed E-state index contributed by atoms with van der Waals surface area (Å²) in [5.41, 5.74) is -1.03. The van der Waals surface area contributed by atoms with Gasteiger partial charge in [0, 0.05) is 30.1 Å². The lowest BCUT2D eigenvalue weighted by Crippen LogP contribution is -2.68. The quantitative estimate of drug-likeness (QED) is 0.479. The number of imidazole rings is 1. The Morgan fingerprint density at radius 3 is 2.79 bits per heavy atom. The minimum Gasteiger partial charge on any atom is -0.441 e. The van der Waals surface area contributed by atoms with Crippen LogP contribution in [0.2, 0.25) is 0 Å². The number of carbonyl (C=O) groups excluding carboxylic acids is 1. The SMILES string of the molecule is O=C(NC12CC(C1)C2)O[C@@H]1CO[C@H](c2cc(Nc3nc(C(F)(F)F)cc4nccn34)n[nH]2)[C@H]1F. The van der Waals surface area contributed by atoms with Crippen LogP contribution in [0.5, 0.6) is 0 Å². The molecule has 3 atom stereocenters. The molecule has 1 aliphatic heterocycles. The molecule has 4 heterocycles. The Morgan fingerprint density at radius 2 is 2.09 bits per heavy atom. The van der Waals surface area contributed by atoms with E-state index in [-0.39, 0.29) is 35.3 Å². The van der Waals surface area contributed by atoms with Gasteiger partial charge in [0.2, 0.25) is 5.95 Å². The lowest BCUT2D eigenvalue weighted by atomic mass is 9.50. The van der Waals surface area contributed by atoms with E-state index in [0.717, 1.165) is 25.3 Å². The van der Waals surface area contributed by atoms with E-state index >= 15 is 0 Å². The van der Waals surface area contributed by atoms with E-state index in [1.807, 2.05) is 0 Å². The number of rotatable bonds is 5. The Labute approximate surface area is 189 Å². The van der Waals surface area contributed by atoms with Crippen LogP contribution in [-0.2, 0) is 15.7 Å². The number of aromatic nitrogens is 5. The maximum atomic E-state index is 15.0. The molecule has 3 aromatic rings. The number of hydrogen-bond donors (Lipinski definition) is 3. The molecule has 1 amide bonds. The Bertz CT molecular complexity index is 1240. The lowest BCUT2D eigenvalue weighted by molar-refractivity contribution is -0.141. The van der Waals surface area contributed by atoms with Gasteiger partial charge in [-0.05, 0) is 25.2 Å². The number of aromatic amines is 1. The first-order valence-corrected chi connectivity index (χ1v) is 10.7. The highest BCUT2D eigenvalue weighted by Crippen LogP contribution is 2.57. The van der Waals surface area contributed by atoms with Crippen LogP contribution in [0.15, 0.2) is 24.5 Å². The molecule has 4 fully saturated rings. The van der Waals surface area contributed by atoms with Crippen molar-refractivity contribution in [2.75, 3.05) is 11.9 Å². The van der Waals surface area contributed by atoms with Gasteiger partial charge in [-0.3, -0.25) is 9.50 Å². The number of carbonyl (C=O) groups is 1. The van der Waals surface area contributed by atoms with Gasteiger partial charge in [-0.2, -0.15) is 18.3 Å².